The van der Waals surface area contributed by atoms with Gasteiger partial charge in [0.05, 0.1) is 13.5 Å². The lowest BCUT2D eigenvalue weighted by atomic mass is 9.91. The monoisotopic (exact) mass is 238 g/mol. The molecule has 1 saturated carbocycles. The van der Waals surface area contributed by atoms with E-state index in [0.717, 1.165) is 18.4 Å². The van der Waals surface area contributed by atoms with Gasteiger partial charge in [-0.3, -0.25) is 4.79 Å². The molecule has 0 spiro atoms. The molecule has 1 atom stereocenters. The Balaban J connectivity index is 2.28. The van der Waals surface area contributed by atoms with Crippen LogP contribution in [0.25, 0.3) is 0 Å². The molecule has 1 N–H and O–H groups in total. The molecule has 1 fully saturated rings. The Kier molecular flexibility index (Phi) is 3.31. The Bertz CT molecular complexity index is 427. The molecular weight excluding hydrogens is 223 g/mol. The molecule has 1 aromatic rings. The minimum atomic E-state index is -0.842. The first-order valence-electron chi connectivity index (χ1n) is 5.66. The van der Waals surface area contributed by atoms with Crippen LogP contribution in [0, 0.1) is 11.7 Å². The highest BCUT2D eigenvalue weighted by atomic mass is 19.1. The third kappa shape index (κ3) is 2.96. The van der Waals surface area contributed by atoms with Crippen LogP contribution in [-0.4, -0.2) is 18.2 Å². The van der Waals surface area contributed by atoms with Gasteiger partial charge in [-0.15, -0.1) is 0 Å². The van der Waals surface area contributed by atoms with Crippen LogP contribution >= 0.6 is 0 Å². The maximum Gasteiger partial charge on any atom is 0.303 e. The van der Waals surface area contributed by atoms with Gasteiger partial charge in [0.2, 0.25) is 0 Å². The molecule has 1 aliphatic carbocycles. The van der Waals surface area contributed by atoms with E-state index in [1.165, 1.54) is 19.2 Å². The average molecular weight is 238 g/mol. The third-order valence-electron chi connectivity index (χ3n) is 3.14. The standard InChI is InChI=1S/C13H15FO3/c1-17-11-5-9(4-10(14)6-11)12(7-13(15)16)8-2-3-8/h4-6,8,12H,2-3,7H2,1H3,(H,15,16). The van der Waals surface area contributed by atoms with Crippen molar-refractivity contribution in [3.8, 4) is 5.75 Å². The third-order valence-corrected chi connectivity index (χ3v) is 3.14. The Morgan fingerprint density at radius 3 is 2.76 bits per heavy atom. The number of carboxylic acids is 1. The SMILES string of the molecule is COc1cc(F)cc(C(CC(=O)O)C2CC2)c1. The predicted molar refractivity (Wildman–Crippen MR) is 60.7 cm³/mol. The van der Waals surface area contributed by atoms with Crippen molar-refractivity contribution in [1.29, 1.82) is 0 Å². The lowest BCUT2D eigenvalue weighted by Gasteiger charge is -2.15. The van der Waals surface area contributed by atoms with E-state index >= 15 is 0 Å². The predicted octanol–water partition coefficient (Wildman–Crippen LogP) is 2.80. The molecule has 0 radical (unpaired) electrons. The first-order valence-corrected chi connectivity index (χ1v) is 5.66. The molecule has 17 heavy (non-hydrogen) atoms. The Morgan fingerprint density at radius 2 is 2.24 bits per heavy atom. The highest BCUT2D eigenvalue weighted by Crippen LogP contribution is 2.45. The van der Waals surface area contributed by atoms with Gasteiger partial charge in [0.15, 0.2) is 0 Å². The number of carboxylic acid groups (broad SMARTS) is 1. The van der Waals surface area contributed by atoms with Gasteiger partial charge in [-0.25, -0.2) is 4.39 Å². The van der Waals surface area contributed by atoms with Gasteiger partial charge in [-0.1, -0.05) is 0 Å². The normalized spacial score (nSPS) is 16.6. The number of rotatable bonds is 5. The van der Waals surface area contributed by atoms with Crippen molar-refractivity contribution in [2.75, 3.05) is 7.11 Å². The summed E-state index contributed by atoms with van der Waals surface area (Å²) in [6, 6.07) is 4.44. The summed E-state index contributed by atoms with van der Waals surface area (Å²) in [4.78, 5) is 10.8. The molecule has 0 heterocycles. The number of ether oxygens (including phenoxy) is 1. The zero-order valence-electron chi connectivity index (χ0n) is 9.65. The lowest BCUT2D eigenvalue weighted by Crippen LogP contribution is -2.09. The Morgan fingerprint density at radius 1 is 1.53 bits per heavy atom. The largest absolute Gasteiger partial charge is 0.497 e. The summed E-state index contributed by atoms with van der Waals surface area (Å²) in [6.07, 6.45) is 2.10. The second-order valence-corrected chi connectivity index (χ2v) is 4.47. The van der Waals surface area contributed by atoms with Gasteiger partial charge in [0.25, 0.3) is 0 Å². The Hall–Kier alpha value is -1.58. The topological polar surface area (TPSA) is 46.5 Å². The second kappa shape index (κ2) is 4.73. The van der Waals surface area contributed by atoms with Crippen LogP contribution in [0.5, 0.6) is 5.75 Å². The molecule has 1 aliphatic rings. The molecular formula is C13H15FO3. The van der Waals surface area contributed by atoms with E-state index in [9.17, 15) is 9.18 Å². The fourth-order valence-corrected chi connectivity index (χ4v) is 2.16. The minimum Gasteiger partial charge on any atom is -0.497 e. The molecule has 0 aromatic heterocycles. The van der Waals surface area contributed by atoms with Crippen molar-refractivity contribution >= 4 is 5.97 Å². The van der Waals surface area contributed by atoms with E-state index in [1.807, 2.05) is 0 Å². The van der Waals surface area contributed by atoms with Crippen LogP contribution in [0.1, 0.15) is 30.7 Å². The fourth-order valence-electron chi connectivity index (χ4n) is 2.16. The summed E-state index contributed by atoms with van der Waals surface area (Å²) in [6.45, 7) is 0. The quantitative estimate of drug-likeness (QED) is 0.858. The summed E-state index contributed by atoms with van der Waals surface area (Å²) in [5, 5.41) is 8.89. The summed E-state index contributed by atoms with van der Waals surface area (Å²) >= 11 is 0. The number of aliphatic carboxylic acids is 1. The highest BCUT2D eigenvalue weighted by Gasteiger charge is 2.34. The summed E-state index contributed by atoms with van der Waals surface area (Å²) in [5.74, 6) is -0.508. The molecule has 1 unspecified atom stereocenters. The minimum absolute atomic E-state index is 0.0529. The van der Waals surface area contributed by atoms with Crippen molar-refractivity contribution in [3.63, 3.8) is 0 Å². The molecule has 0 saturated heterocycles. The zero-order valence-corrected chi connectivity index (χ0v) is 9.65. The first kappa shape index (κ1) is 11.9. The smallest absolute Gasteiger partial charge is 0.303 e. The summed E-state index contributed by atoms with van der Waals surface area (Å²) in [7, 11) is 1.47. The van der Waals surface area contributed by atoms with Gasteiger partial charge in [0.1, 0.15) is 11.6 Å². The molecule has 0 bridgehead atoms. The van der Waals surface area contributed by atoms with Crippen molar-refractivity contribution < 1.29 is 19.0 Å². The molecule has 1 aromatic carbocycles. The van der Waals surface area contributed by atoms with Crippen LogP contribution in [0.3, 0.4) is 0 Å². The summed E-state index contributed by atoms with van der Waals surface area (Å²) in [5.41, 5.74) is 0.728. The molecule has 3 nitrogen and oxygen atoms in total. The lowest BCUT2D eigenvalue weighted by molar-refractivity contribution is -0.137. The molecule has 2 rings (SSSR count). The van der Waals surface area contributed by atoms with Crippen LogP contribution in [-0.2, 0) is 4.79 Å². The number of benzene rings is 1. The zero-order chi connectivity index (χ0) is 12.4. The van der Waals surface area contributed by atoms with Crippen molar-refractivity contribution in [1.82, 2.24) is 0 Å². The van der Waals surface area contributed by atoms with E-state index in [0.29, 0.717) is 11.7 Å². The number of halogens is 1. The summed E-state index contributed by atoms with van der Waals surface area (Å²) < 4.78 is 18.4. The molecule has 0 aliphatic heterocycles. The van der Waals surface area contributed by atoms with Crippen molar-refractivity contribution in [3.05, 3.63) is 29.6 Å². The van der Waals surface area contributed by atoms with Crippen LogP contribution in [0.4, 0.5) is 4.39 Å². The van der Waals surface area contributed by atoms with Crippen LogP contribution in [0.15, 0.2) is 18.2 Å². The number of hydrogen-bond acceptors (Lipinski definition) is 2. The van der Waals surface area contributed by atoms with Gasteiger partial charge in [-0.05, 0) is 42.4 Å². The number of hydrogen-bond donors (Lipinski definition) is 1. The number of carbonyl (C=O) groups is 1. The molecule has 0 amide bonds. The maximum atomic E-state index is 13.4. The van der Waals surface area contributed by atoms with Gasteiger partial charge >= 0.3 is 5.97 Å². The second-order valence-electron chi connectivity index (χ2n) is 4.47. The van der Waals surface area contributed by atoms with E-state index in [2.05, 4.69) is 0 Å². The molecule has 92 valence electrons. The van der Waals surface area contributed by atoms with Gasteiger partial charge in [-0.2, -0.15) is 0 Å². The van der Waals surface area contributed by atoms with Crippen LogP contribution < -0.4 is 4.74 Å². The Labute approximate surface area is 99.2 Å². The van der Waals surface area contributed by atoms with E-state index in [4.69, 9.17) is 9.84 Å². The van der Waals surface area contributed by atoms with Crippen LogP contribution in [0.2, 0.25) is 0 Å². The average Bonchev–Trinajstić information content (AvgIpc) is 3.08. The van der Waals surface area contributed by atoms with Gasteiger partial charge < -0.3 is 9.84 Å². The van der Waals surface area contributed by atoms with Gasteiger partial charge in [0, 0.05) is 6.07 Å². The number of methoxy groups -OCH3 is 1. The highest BCUT2D eigenvalue weighted by molar-refractivity contribution is 5.68. The fraction of sp³-hybridized carbons (Fsp3) is 0.462. The van der Waals surface area contributed by atoms with Crippen molar-refractivity contribution in [2.45, 2.75) is 25.2 Å². The van der Waals surface area contributed by atoms with E-state index in [-0.39, 0.29) is 18.2 Å². The first-order chi connectivity index (χ1) is 8.10. The maximum absolute atomic E-state index is 13.4. The van der Waals surface area contributed by atoms with Crippen molar-refractivity contribution in [2.24, 2.45) is 5.92 Å². The van der Waals surface area contributed by atoms with E-state index < -0.39 is 5.97 Å². The molecule has 4 heteroatoms. The van der Waals surface area contributed by atoms with E-state index in [1.54, 1.807) is 6.07 Å².